The fraction of sp³-hybridized carbons (Fsp3) is 0.857. The monoisotopic (exact) mass is 250 g/mol. The zero-order valence-electron chi connectivity index (χ0n) is 12.5. The maximum absolute atomic E-state index is 3.76. The molecule has 0 radical (unpaired) electrons. The molecule has 0 aromatic heterocycles. The molecular weight excluding hydrogens is 224 g/mol. The standard InChI is InChI=1S/C14H26N4/c1-11(2)7-13(5)9-15-17-18-16-10-14(6)8-12(3)4/h11-14H,7-8H2,1-6H3/q+2. The van der Waals surface area contributed by atoms with Gasteiger partial charge in [-0.25, -0.2) is 0 Å². The molecule has 0 saturated heterocycles. The lowest BCUT2D eigenvalue weighted by Gasteiger charge is -2.01. The highest BCUT2D eigenvalue weighted by Gasteiger charge is 2.08. The molecule has 4 heteroatoms. The maximum atomic E-state index is 3.76. The van der Waals surface area contributed by atoms with Crippen molar-refractivity contribution in [2.45, 2.75) is 54.4 Å². The van der Waals surface area contributed by atoms with E-state index in [4.69, 9.17) is 0 Å². The lowest BCUT2D eigenvalue weighted by molar-refractivity contribution is 0.512. The Kier molecular flexibility index (Phi) is 8.84. The van der Waals surface area contributed by atoms with Gasteiger partial charge in [0, 0.05) is 0 Å². The zero-order chi connectivity index (χ0) is 14.0. The quantitative estimate of drug-likeness (QED) is 0.479. The van der Waals surface area contributed by atoms with Crippen LogP contribution >= 0.6 is 0 Å². The Morgan fingerprint density at radius 1 is 0.722 bits per heavy atom. The molecule has 0 aromatic rings. The summed E-state index contributed by atoms with van der Waals surface area (Å²) >= 11 is 0. The van der Waals surface area contributed by atoms with Crippen LogP contribution in [0, 0.1) is 35.8 Å². The third-order valence-corrected chi connectivity index (χ3v) is 2.34. The van der Waals surface area contributed by atoms with E-state index in [2.05, 4.69) is 74.0 Å². The second-order valence-electron chi connectivity index (χ2n) is 5.70. The van der Waals surface area contributed by atoms with E-state index < -0.39 is 0 Å². The summed E-state index contributed by atoms with van der Waals surface area (Å²) in [6.07, 6.45) is 2.11. The smallest absolute Gasteiger partial charge is 0.0627 e. The minimum atomic E-state index is 0.303. The zero-order valence-corrected chi connectivity index (χ0v) is 12.5. The van der Waals surface area contributed by atoms with E-state index in [-0.39, 0.29) is 0 Å². The topological polar surface area (TPSA) is 33.4 Å². The molecule has 0 aliphatic heterocycles. The van der Waals surface area contributed by atoms with Crippen LogP contribution < -0.4 is 0 Å². The lowest BCUT2D eigenvalue weighted by atomic mass is 10.0. The van der Waals surface area contributed by atoms with Gasteiger partial charge in [0.2, 0.25) is 12.1 Å². The lowest BCUT2D eigenvalue weighted by Crippen LogP contribution is -1.95. The van der Waals surface area contributed by atoms with Crippen LogP contribution in [-0.2, 0) is 0 Å². The average molecular weight is 250 g/mol. The van der Waals surface area contributed by atoms with Crippen LogP contribution in [-0.4, -0.2) is 0 Å². The summed E-state index contributed by atoms with van der Waals surface area (Å²) in [4.78, 5) is 7.51. The van der Waals surface area contributed by atoms with Crippen LogP contribution in [0.4, 0.5) is 0 Å². The highest BCUT2D eigenvalue weighted by molar-refractivity contribution is 4.91. The molecule has 0 rings (SSSR count). The fourth-order valence-corrected chi connectivity index (χ4v) is 1.81. The van der Waals surface area contributed by atoms with Gasteiger partial charge in [-0.05, 0) is 38.5 Å². The molecule has 0 aliphatic rings. The summed E-state index contributed by atoms with van der Waals surface area (Å²) in [5.74, 6) is 1.89. The molecule has 100 valence electrons. The molecule has 18 heavy (non-hydrogen) atoms. The maximum Gasteiger partial charge on any atom is 0.522 e. The summed E-state index contributed by atoms with van der Waals surface area (Å²) in [5.41, 5.74) is 0. The highest BCUT2D eigenvalue weighted by Crippen LogP contribution is 2.10. The molecule has 0 aliphatic carbocycles. The van der Waals surface area contributed by atoms with Crippen molar-refractivity contribution in [1.82, 2.24) is 0 Å². The molecule has 0 N–H and O–H groups in total. The van der Waals surface area contributed by atoms with Gasteiger partial charge < -0.3 is 0 Å². The van der Waals surface area contributed by atoms with E-state index in [0.29, 0.717) is 23.7 Å². The van der Waals surface area contributed by atoms with Crippen molar-refractivity contribution in [3.8, 4) is 12.1 Å². The van der Waals surface area contributed by atoms with Crippen LogP contribution in [0.15, 0.2) is 10.4 Å². The van der Waals surface area contributed by atoms with E-state index in [0.717, 1.165) is 12.8 Å². The predicted molar refractivity (Wildman–Crippen MR) is 76.6 cm³/mol. The van der Waals surface area contributed by atoms with Crippen molar-refractivity contribution in [3.05, 3.63) is 9.91 Å². The Labute approximate surface area is 111 Å². The second kappa shape index (κ2) is 9.59. The summed E-state index contributed by atoms with van der Waals surface area (Å²) in [6, 6.07) is 5.82. The van der Waals surface area contributed by atoms with Crippen LogP contribution in [0.3, 0.4) is 0 Å². The van der Waals surface area contributed by atoms with E-state index in [1.807, 2.05) is 0 Å². The first kappa shape index (κ1) is 16.6. The summed E-state index contributed by atoms with van der Waals surface area (Å²) in [6.45, 7) is 12.8. The van der Waals surface area contributed by atoms with Crippen molar-refractivity contribution in [2.75, 3.05) is 0 Å². The third kappa shape index (κ3) is 11.1. The molecule has 0 aromatic carbocycles. The van der Waals surface area contributed by atoms with Crippen molar-refractivity contribution < 1.29 is 0 Å². The van der Waals surface area contributed by atoms with E-state index in [9.17, 15) is 0 Å². The summed E-state index contributed by atoms with van der Waals surface area (Å²) < 4.78 is 0. The van der Waals surface area contributed by atoms with Crippen molar-refractivity contribution in [2.24, 2.45) is 34.1 Å². The molecule has 0 saturated carbocycles. The molecule has 2 unspecified atom stereocenters. The molecular formula is C14H26N4+2. The van der Waals surface area contributed by atoms with Crippen LogP contribution in [0.2, 0.25) is 0 Å². The van der Waals surface area contributed by atoms with Gasteiger partial charge in [-0.1, -0.05) is 27.7 Å². The van der Waals surface area contributed by atoms with Gasteiger partial charge in [-0.2, -0.15) is 0 Å². The average Bonchev–Trinajstić information content (AvgIpc) is 2.20. The van der Waals surface area contributed by atoms with Crippen LogP contribution in [0.5, 0.6) is 0 Å². The Morgan fingerprint density at radius 3 is 1.33 bits per heavy atom. The largest absolute Gasteiger partial charge is 0.522 e. The minimum absolute atomic E-state index is 0.303. The molecule has 0 bridgehead atoms. The number of hydrogen-bond donors (Lipinski definition) is 0. The van der Waals surface area contributed by atoms with Crippen LogP contribution in [0.1, 0.15) is 54.4 Å². The summed E-state index contributed by atoms with van der Waals surface area (Å²) in [5, 5.41) is 7.16. The van der Waals surface area contributed by atoms with Gasteiger partial charge >= 0.3 is 10.4 Å². The number of hydrogen-bond acceptors (Lipinski definition) is 2. The van der Waals surface area contributed by atoms with Crippen LogP contribution in [0.25, 0.3) is 9.91 Å². The van der Waals surface area contributed by atoms with Gasteiger partial charge in [-0.3, -0.25) is 0 Å². The van der Waals surface area contributed by atoms with E-state index in [1.54, 1.807) is 0 Å². The molecule has 0 amide bonds. The third-order valence-electron chi connectivity index (χ3n) is 2.34. The Bertz CT molecular complexity index is 327. The van der Waals surface area contributed by atoms with Gasteiger partial charge in [-0.15, -0.1) is 0 Å². The Balaban J connectivity index is 4.04. The van der Waals surface area contributed by atoms with Crippen molar-refractivity contribution in [3.63, 3.8) is 0 Å². The number of rotatable bonds is 4. The first-order chi connectivity index (χ1) is 8.41. The first-order valence-corrected chi connectivity index (χ1v) is 6.72. The fourth-order valence-electron chi connectivity index (χ4n) is 1.81. The minimum Gasteiger partial charge on any atom is -0.0627 e. The normalized spacial score (nSPS) is 14.0. The molecule has 0 heterocycles. The van der Waals surface area contributed by atoms with E-state index in [1.165, 1.54) is 0 Å². The van der Waals surface area contributed by atoms with Gasteiger partial charge in [0.05, 0.1) is 21.7 Å². The van der Waals surface area contributed by atoms with E-state index >= 15 is 0 Å². The second-order valence-corrected chi connectivity index (χ2v) is 5.70. The SMILES string of the molecule is CC(C)CC(C)C#[N+]N=N[N+]#CC(C)CC(C)C. The predicted octanol–water partition coefficient (Wildman–Crippen LogP) is 5.30. The molecule has 4 nitrogen and oxygen atoms in total. The Hall–Kier alpha value is -1.42. The first-order valence-electron chi connectivity index (χ1n) is 6.72. The Morgan fingerprint density at radius 2 is 1.06 bits per heavy atom. The molecule has 0 fully saturated rings. The molecule has 0 spiro atoms. The highest BCUT2D eigenvalue weighted by atomic mass is 15.5. The molecule has 2 atom stereocenters. The summed E-state index contributed by atoms with van der Waals surface area (Å²) in [7, 11) is 0. The van der Waals surface area contributed by atoms with Crippen molar-refractivity contribution >= 4 is 0 Å². The van der Waals surface area contributed by atoms with Gasteiger partial charge in [0.25, 0.3) is 0 Å². The number of nitrogens with zero attached hydrogens (tertiary/aromatic N) is 4. The van der Waals surface area contributed by atoms with Crippen molar-refractivity contribution in [1.29, 1.82) is 0 Å². The van der Waals surface area contributed by atoms with Gasteiger partial charge in [0.15, 0.2) is 0 Å². The van der Waals surface area contributed by atoms with Gasteiger partial charge in [0.1, 0.15) is 0 Å².